The molecule has 1 nitrogen and oxygen atoms in total. The van der Waals surface area contributed by atoms with Crippen molar-refractivity contribution in [3.05, 3.63) is 35.5 Å². The second-order valence-electron chi connectivity index (χ2n) is 7.76. The molecule has 0 amide bonds. The van der Waals surface area contributed by atoms with Gasteiger partial charge in [-0.05, 0) is 55.6 Å². The Kier molecular flexibility index (Phi) is 2.43. The highest BCUT2D eigenvalue weighted by Crippen LogP contribution is 2.61. The lowest BCUT2D eigenvalue weighted by atomic mass is 9.58. The number of para-hydroxylation sites is 1. The van der Waals surface area contributed by atoms with Crippen LogP contribution >= 0.6 is 0 Å². The molecule has 0 aliphatic heterocycles. The maximum absolute atomic E-state index is 2.55. The summed E-state index contributed by atoms with van der Waals surface area (Å²) in [5.41, 5.74) is 5.51. The number of nitrogens with zero attached hydrogens (tertiary/aromatic N) is 1. The summed E-state index contributed by atoms with van der Waals surface area (Å²) < 4.78 is 2.55. The highest BCUT2D eigenvalue weighted by Gasteiger charge is 2.52. The Morgan fingerprint density at radius 1 is 1.05 bits per heavy atom. The molecule has 2 fully saturated rings. The predicted molar refractivity (Wildman–Crippen MR) is 87.8 cm³/mol. The number of fused-ring (bicyclic) bond motifs is 8. The van der Waals surface area contributed by atoms with E-state index >= 15 is 0 Å². The molecular formula is C20H25N. The quantitative estimate of drug-likeness (QED) is 0.618. The molecule has 2 saturated carbocycles. The molecule has 110 valence electrons. The van der Waals surface area contributed by atoms with Gasteiger partial charge in [0.25, 0.3) is 0 Å². The van der Waals surface area contributed by atoms with Gasteiger partial charge < -0.3 is 4.57 Å². The van der Waals surface area contributed by atoms with E-state index in [0.29, 0.717) is 5.41 Å². The maximum Gasteiger partial charge on any atom is 0.0483 e. The van der Waals surface area contributed by atoms with Crippen LogP contribution in [0.25, 0.3) is 10.9 Å². The van der Waals surface area contributed by atoms with E-state index in [4.69, 9.17) is 0 Å². The van der Waals surface area contributed by atoms with Crippen molar-refractivity contribution in [1.82, 2.24) is 4.57 Å². The van der Waals surface area contributed by atoms with E-state index < -0.39 is 0 Å². The van der Waals surface area contributed by atoms with E-state index in [1.807, 2.05) is 0 Å². The molecular weight excluding hydrogens is 254 g/mol. The first kappa shape index (κ1) is 12.3. The Labute approximate surface area is 127 Å². The first-order valence-corrected chi connectivity index (χ1v) is 8.89. The van der Waals surface area contributed by atoms with Crippen LogP contribution in [0.2, 0.25) is 0 Å². The summed E-state index contributed by atoms with van der Waals surface area (Å²) in [5, 5.41) is 1.58. The second kappa shape index (κ2) is 4.15. The Morgan fingerprint density at radius 3 is 2.71 bits per heavy atom. The average molecular weight is 279 g/mol. The molecule has 1 aromatic heterocycles. The van der Waals surface area contributed by atoms with Crippen molar-refractivity contribution < 1.29 is 0 Å². The second-order valence-corrected chi connectivity index (χ2v) is 7.76. The molecule has 1 heteroatoms. The minimum absolute atomic E-state index is 0.529. The van der Waals surface area contributed by atoms with Crippen LogP contribution in [0.3, 0.4) is 0 Å². The topological polar surface area (TPSA) is 4.93 Å². The Morgan fingerprint density at radius 2 is 1.86 bits per heavy atom. The fourth-order valence-electron chi connectivity index (χ4n) is 6.19. The van der Waals surface area contributed by atoms with Gasteiger partial charge in [-0.15, -0.1) is 0 Å². The monoisotopic (exact) mass is 279 g/mol. The van der Waals surface area contributed by atoms with Crippen LogP contribution < -0.4 is 0 Å². The van der Waals surface area contributed by atoms with Crippen LogP contribution in [0.15, 0.2) is 24.3 Å². The first-order chi connectivity index (χ1) is 10.3. The Balaban J connectivity index is 1.87. The third-order valence-corrected chi connectivity index (χ3v) is 7.00. The van der Waals surface area contributed by atoms with E-state index in [-0.39, 0.29) is 0 Å². The summed E-state index contributed by atoms with van der Waals surface area (Å²) in [6, 6.07) is 9.18. The van der Waals surface area contributed by atoms with Crippen LogP contribution in [0.5, 0.6) is 0 Å². The SMILES string of the molecule is Cn1c2c(c3ccccc31)C1(CCCCC1)C1CCC2C1. The van der Waals surface area contributed by atoms with Gasteiger partial charge in [0.2, 0.25) is 0 Å². The Hall–Kier alpha value is -1.24. The van der Waals surface area contributed by atoms with E-state index in [9.17, 15) is 0 Å². The maximum atomic E-state index is 2.55. The number of rotatable bonds is 0. The predicted octanol–water partition coefficient (Wildman–Crippen LogP) is 5.28. The molecule has 0 N–H and O–H groups in total. The van der Waals surface area contributed by atoms with Gasteiger partial charge in [-0.2, -0.15) is 0 Å². The van der Waals surface area contributed by atoms with Crippen LogP contribution in [0.1, 0.15) is 68.5 Å². The van der Waals surface area contributed by atoms with E-state index in [1.165, 1.54) is 56.9 Å². The Bertz CT molecular complexity index is 702. The summed E-state index contributed by atoms with van der Waals surface area (Å²) in [6.07, 6.45) is 11.6. The highest BCUT2D eigenvalue weighted by atomic mass is 15.0. The van der Waals surface area contributed by atoms with Crippen molar-refractivity contribution in [2.24, 2.45) is 13.0 Å². The minimum Gasteiger partial charge on any atom is -0.347 e. The fraction of sp³-hybridized carbons (Fsp3) is 0.600. The van der Waals surface area contributed by atoms with Crippen molar-refractivity contribution in [1.29, 1.82) is 0 Å². The molecule has 5 rings (SSSR count). The minimum atomic E-state index is 0.529. The molecule has 0 radical (unpaired) electrons. The number of hydrogen-bond donors (Lipinski definition) is 0. The van der Waals surface area contributed by atoms with Crippen molar-refractivity contribution in [3.63, 3.8) is 0 Å². The van der Waals surface area contributed by atoms with Crippen LogP contribution in [-0.4, -0.2) is 4.57 Å². The van der Waals surface area contributed by atoms with Gasteiger partial charge in [0.1, 0.15) is 0 Å². The zero-order chi connectivity index (χ0) is 14.0. The average Bonchev–Trinajstić information content (AvgIpc) is 3.09. The smallest absolute Gasteiger partial charge is 0.0483 e. The highest BCUT2D eigenvalue weighted by molar-refractivity contribution is 5.87. The van der Waals surface area contributed by atoms with Gasteiger partial charge in [-0.25, -0.2) is 0 Å². The zero-order valence-electron chi connectivity index (χ0n) is 13.1. The van der Waals surface area contributed by atoms with Crippen LogP contribution in [0.4, 0.5) is 0 Å². The molecule has 2 unspecified atom stereocenters. The molecule has 0 saturated heterocycles. The molecule has 1 spiro atoms. The van der Waals surface area contributed by atoms with Gasteiger partial charge in [0, 0.05) is 29.1 Å². The molecule has 2 atom stereocenters. The first-order valence-electron chi connectivity index (χ1n) is 8.89. The summed E-state index contributed by atoms with van der Waals surface area (Å²) in [7, 11) is 2.32. The number of benzene rings is 1. The lowest BCUT2D eigenvalue weighted by Gasteiger charge is -2.46. The van der Waals surface area contributed by atoms with Gasteiger partial charge in [-0.3, -0.25) is 0 Å². The van der Waals surface area contributed by atoms with Crippen molar-refractivity contribution in [3.8, 4) is 0 Å². The van der Waals surface area contributed by atoms with E-state index in [1.54, 1.807) is 16.6 Å². The summed E-state index contributed by atoms with van der Waals surface area (Å²) >= 11 is 0. The third kappa shape index (κ3) is 1.43. The molecule has 1 heterocycles. The number of aryl methyl sites for hydroxylation is 1. The largest absolute Gasteiger partial charge is 0.347 e. The number of aromatic nitrogens is 1. The van der Waals surface area contributed by atoms with Gasteiger partial charge in [0.15, 0.2) is 0 Å². The van der Waals surface area contributed by atoms with Crippen molar-refractivity contribution in [2.45, 2.75) is 62.7 Å². The third-order valence-electron chi connectivity index (χ3n) is 7.00. The van der Waals surface area contributed by atoms with Crippen molar-refractivity contribution in [2.75, 3.05) is 0 Å². The zero-order valence-corrected chi connectivity index (χ0v) is 13.1. The van der Waals surface area contributed by atoms with Gasteiger partial charge in [0.05, 0.1) is 0 Å². The molecule has 1 aromatic carbocycles. The van der Waals surface area contributed by atoms with Gasteiger partial charge >= 0.3 is 0 Å². The lowest BCUT2D eigenvalue weighted by molar-refractivity contribution is 0.181. The summed E-state index contributed by atoms with van der Waals surface area (Å²) in [4.78, 5) is 0. The fourth-order valence-corrected chi connectivity index (χ4v) is 6.19. The summed E-state index contributed by atoms with van der Waals surface area (Å²) in [6.45, 7) is 0. The lowest BCUT2D eigenvalue weighted by Crippen LogP contribution is -2.39. The molecule has 2 aromatic rings. The molecule has 3 aliphatic rings. The summed E-state index contributed by atoms with van der Waals surface area (Å²) in [5.74, 6) is 1.82. The van der Waals surface area contributed by atoms with Crippen LogP contribution in [-0.2, 0) is 12.5 Å². The van der Waals surface area contributed by atoms with E-state index in [0.717, 1.165) is 11.8 Å². The molecule has 3 aliphatic carbocycles. The standard InChI is InChI=1S/C20H25N/c1-21-17-8-4-3-7-16(17)18-19(21)14-9-10-15(13-14)20(18)11-5-2-6-12-20/h3-4,7-8,14-15H,2,5-6,9-13H2,1H3. The number of hydrogen-bond acceptors (Lipinski definition) is 0. The van der Waals surface area contributed by atoms with E-state index in [2.05, 4.69) is 35.9 Å². The van der Waals surface area contributed by atoms with Gasteiger partial charge in [-0.1, -0.05) is 37.5 Å². The normalized spacial score (nSPS) is 30.0. The van der Waals surface area contributed by atoms with Crippen LogP contribution in [0, 0.1) is 5.92 Å². The molecule has 2 bridgehead atoms. The van der Waals surface area contributed by atoms with Crippen molar-refractivity contribution >= 4 is 10.9 Å². The molecule has 21 heavy (non-hydrogen) atoms.